The molecule has 0 spiro atoms. The molecule has 0 aliphatic heterocycles. The molecule has 0 saturated heterocycles. The fourth-order valence-corrected chi connectivity index (χ4v) is 3.86. The number of halogens is 1. The monoisotopic (exact) mass is 413 g/mol. The molecule has 0 radical (unpaired) electrons. The van der Waals surface area contributed by atoms with Gasteiger partial charge < -0.3 is 10.2 Å². The van der Waals surface area contributed by atoms with Crippen molar-refractivity contribution < 1.29 is 0 Å². The Labute approximate surface area is 164 Å². The van der Waals surface area contributed by atoms with Crippen LogP contribution in [0.1, 0.15) is 33.6 Å². The third kappa shape index (κ3) is 4.36. The van der Waals surface area contributed by atoms with Crippen molar-refractivity contribution in [3.63, 3.8) is 0 Å². The molecule has 138 valence electrons. The molecular formula is C22H28BrN3. The van der Waals surface area contributed by atoms with Gasteiger partial charge in [-0.05, 0) is 63.7 Å². The summed E-state index contributed by atoms with van der Waals surface area (Å²) < 4.78 is 1.08. The molecular weight excluding hydrogens is 386 g/mol. The number of pyridine rings is 1. The van der Waals surface area contributed by atoms with Crippen molar-refractivity contribution in [3.05, 3.63) is 46.9 Å². The Bertz CT molecular complexity index is 874. The van der Waals surface area contributed by atoms with Gasteiger partial charge in [0.2, 0.25) is 0 Å². The minimum absolute atomic E-state index is 0.415. The van der Waals surface area contributed by atoms with Gasteiger partial charge >= 0.3 is 0 Å². The maximum absolute atomic E-state index is 4.83. The van der Waals surface area contributed by atoms with Crippen molar-refractivity contribution in [2.75, 3.05) is 25.0 Å². The van der Waals surface area contributed by atoms with E-state index in [-0.39, 0.29) is 0 Å². The van der Waals surface area contributed by atoms with E-state index in [0.717, 1.165) is 35.0 Å². The zero-order valence-electron chi connectivity index (χ0n) is 15.9. The number of hydrogen-bond acceptors (Lipinski definition) is 3. The van der Waals surface area contributed by atoms with E-state index in [0.29, 0.717) is 6.04 Å². The van der Waals surface area contributed by atoms with Crippen LogP contribution < -0.4 is 5.32 Å². The molecule has 0 aliphatic rings. The van der Waals surface area contributed by atoms with E-state index in [2.05, 4.69) is 89.4 Å². The maximum Gasteiger partial charge on any atom is 0.0731 e. The van der Waals surface area contributed by atoms with Crippen LogP contribution in [0.25, 0.3) is 21.8 Å². The van der Waals surface area contributed by atoms with Crippen LogP contribution in [0.15, 0.2) is 46.9 Å². The topological polar surface area (TPSA) is 28.2 Å². The fraction of sp³-hybridized carbons (Fsp3) is 0.409. The highest BCUT2D eigenvalue weighted by atomic mass is 79.9. The number of hydrogen-bond donors (Lipinski definition) is 1. The lowest BCUT2D eigenvalue weighted by Crippen LogP contribution is -2.25. The highest BCUT2D eigenvalue weighted by Crippen LogP contribution is 2.33. The third-order valence-corrected chi connectivity index (χ3v) is 5.53. The van der Waals surface area contributed by atoms with Crippen molar-refractivity contribution >= 4 is 43.4 Å². The molecule has 0 fully saturated rings. The molecule has 1 aromatic heterocycles. The number of rotatable bonds is 8. The molecule has 26 heavy (non-hydrogen) atoms. The van der Waals surface area contributed by atoms with Crippen molar-refractivity contribution in [2.45, 2.75) is 39.7 Å². The van der Waals surface area contributed by atoms with E-state index in [4.69, 9.17) is 4.98 Å². The third-order valence-electron chi connectivity index (χ3n) is 5.04. The molecule has 4 heteroatoms. The second-order valence-corrected chi connectivity index (χ2v) is 7.80. The first kappa shape index (κ1) is 19.1. The Morgan fingerprint density at radius 3 is 2.54 bits per heavy atom. The van der Waals surface area contributed by atoms with Gasteiger partial charge in [0.15, 0.2) is 0 Å². The van der Waals surface area contributed by atoms with Crippen LogP contribution in [-0.2, 0) is 0 Å². The molecule has 3 rings (SSSR count). The first-order valence-corrected chi connectivity index (χ1v) is 10.4. The standard InChI is InChI=1S/C22H28BrN3/c1-4-26(5-2)14-8-9-16(3)24-22-18-10-6-7-11-20(18)25-21-13-12-17(23)15-19(21)22/h6-7,10-13,15-16H,4-5,8-9,14H2,1-3H3,(H,24,25)/t16-/m0/s1. The molecule has 1 N–H and O–H groups in total. The second-order valence-electron chi connectivity index (χ2n) is 6.88. The van der Waals surface area contributed by atoms with Crippen LogP contribution in [0.4, 0.5) is 5.69 Å². The normalized spacial score (nSPS) is 12.8. The Hall–Kier alpha value is -1.65. The van der Waals surface area contributed by atoms with E-state index in [1.54, 1.807) is 0 Å². The number of benzene rings is 2. The summed E-state index contributed by atoms with van der Waals surface area (Å²) in [5.74, 6) is 0. The molecule has 0 unspecified atom stereocenters. The number of fused-ring (bicyclic) bond motifs is 2. The summed E-state index contributed by atoms with van der Waals surface area (Å²) in [5.41, 5.74) is 3.27. The van der Waals surface area contributed by atoms with Gasteiger partial charge in [-0.15, -0.1) is 0 Å². The number of anilines is 1. The van der Waals surface area contributed by atoms with Crippen LogP contribution in [0, 0.1) is 0 Å². The van der Waals surface area contributed by atoms with Gasteiger partial charge in [-0.25, -0.2) is 4.98 Å². The minimum atomic E-state index is 0.415. The van der Waals surface area contributed by atoms with Gasteiger partial charge in [-0.1, -0.05) is 48.0 Å². The summed E-state index contributed by atoms with van der Waals surface area (Å²) in [6.07, 6.45) is 2.36. The first-order chi connectivity index (χ1) is 12.6. The summed E-state index contributed by atoms with van der Waals surface area (Å²) in [4.78, 5) is 7.31. The van der Waals surface area contributed by atoms with Gasteiger partial charge in [0, 0.05) is 21.3 Å². The van der Waals surface area contributed by atoms with E-state index in [9.17, 15) is 0 Å². The van der Waals surface area contributed by atoms with E-state index >= 15 is 0 Å². The van der Waals surface area contributed by atoms with E-state index in [1.807, 2.05) is 0 Å². The summed E-state index contributed by atoms with van der Waals surface area (Å²) >= 11 is 3.61. The fourth-order valence-electron chi connectivity index (χ4n) is 3.50. The van der Waals surface area contributed by atoms with Crippen molar-refractivity contribution in [1.29, 1.82) is 0 Å². The van der Waals surface area contributed by atoms with Crippen LogP contribution in [0.3, 0.4) is 0 Å². The van der Waals surface area contributed by atoms with Gasteiger partial charge in [-0.3, -0.25) is 0 Å². The SMILES string of the molecule is CCN(CC)CCC[C@H](C)Nc1c2ccccc2nc2ccc(Br)cc12. The van der Waals surface area contributed by atoms with Crippen LogP contribution in [0.5, 0.6) is 0 Å². The lowest BCUT2D eigenvalue weighted by atomic mass is 10.1. The molecule has 1 heterocycles. The lowest BCUT2D eigenvalue weighted by Gasteiger charge is -2.21. The molecule has 0 amide bonds. The number of para-hydroxylation sites is 1. The summed E-state index contributed by atoms with van der Waals surface area (Å²) in [6.45, 7) is 10.2. The lowest BCUT2D eigenvalue weighted by molar-refractivity contribution is 0.295. The second kappa shape index (κ2) is 8.83. The summed E-state index contributed by atoms with van der Waals surface area (Å²) in [7, 11) is 0. The highest BCUT2D eigenvalue weighted by Gasteiger charge is 2.12. The first-order valence-electron chi connectivity index (χ1n) is 9.59. The quantitative estimate of drug-likeness (QED) is 0.453. The predicted octanol–water partition coefficient (Wildman–Crippen LogP) is 6.07. The molecule has 2 aromatic carbocycles. The molecule has 0 bridgehead atoms. The number of nitrogens with one attached hydrogen (secondary N) is 1. The van der Waals surface area contributed by atoms with Crippen molar-refractivity contribution in [3.8, 4) is 0 Å². The number of nitrogens with zero attached hydrogens (tertiary/aromatic N) is 2. The van der Waals surface area contributed by atoms with Crippen LogP contribution in [-0.4, -0.2) is 35.6 Å². The molecule has 3 nitrogen and oxygen atoms in total. The van der Waals surface area contributed by atoms with Crippen molar-refractivity contribution in [1.82, 2.24) is 9.88 Å². The Balaban J connectivity index is 1.86. The minimum Gasteiger partial charge on any atom is -0.381 e. The van der Waals surface area contributed by atoms with Crippen molar-refractivity contribution in [2.24, 2.45) is 0 Å². The number of aromatic nitrogens is 1. The smallest absolute Gasteiger partial charge is 0.0731 e. The Morgan fingerprint density at radius 2 is 1.77 bits per heavy atom. The van der Waals surface area contributed by atoms with Crippen LogP contribution >= 0.6 is 15.9 Å². The predicted molar refractivity (Wildman–Crippen MR) is 117 cm³/mol. The zero-order valence-corrected chi connectivity index (χ0v) is 17.5. The Kier molecular flexibility index (Phi) is 6.49. The van der Waals surface area contributed by atoms with Gasteiger partial charge in [-0.2, -0.15) is 0 Å². The highest BCUT2D eigenvalue weighted by molar-refractivity contribution is 9.10. The molecule has 1 atom stereocenters. The largest absolute Gasteiger partial charge is 0.381 e. The molecule has 0 aliphatic carbocycles. The van der Waals surface area contributed by atoms with Crippen LogP contribution in [0.2, 0.25) is 0 Å². The summed E-state index contributed by atoms with van der Waals surface area (Å²) in [6, 6.07) is 15.1. The summed E-state index contributed by atoms with van der Waals surface area (Å²) in [5, 5.41) is 6.15. The van der Waals surface area contributed by atoms with E-state index in [1.165, 1.54) is 29.4 Å². The molecule has 3 aromatic rings. The van der Waals surface area contributed by atoms with Gasteiger partial charge in [0.1, 0.15) is 0 Å². The van der Waals surface area contributed by atoms with E-state index < -0.39 is 0 Å². The zero-order chi connectivity index (χ0) is 18.5. The van der Waals surface area contributed by atoms with Gasteiger partial charge in [0.05, 0.1) is 16.7 Å². The van der Waals surface area contributed by atoms with Gasteiger partial charge in [0.25, 0.3) is 0 Å². The average molecular weight is 414 g/mol. The Morgan fingerprint density at radius 1 is 1.04 bits per heavy atom. The molecule has 0 saturated carbocycles. The maximum atomic E-state index is 4.83. The average Bonchev–Trinajstić information content (AvgIpc) is 2.65.